The minimum absolute atomic E-state index is 0.103. The zero-order valence-corrected chi connectivity index (χ0v) is 8.52. The zero-order valence-electron chi connectivity index (χ0n) is 7.70. The lowest BCUT2D eigenvalue weighted by molar-refractivity contribution is 0.339. The maximum absolute atomic E-state index is 13.7. The van der Waals surface area contributed by atoms with Crippen LogP contribution >= 0.6 is 11.3 Å². The third kappa shape index (κ3) is 1.21. The molecule has 1 aromatic carbocycles. The quantitative estimate of drug-likeness (QED) is 0.767. The molecular formula is C9H8FNO2S. The number of rotatable bonds is 2. The molecule has 0 radical (unpaired) electrons. The molecule has 0 N–H and O–H groups in total. The van der Waals surface area contributed by atoms with E-state index in [9.17, 15) is 4.39 Å². The van der Waals surface area contributed by atoms with Crippen LogP contribution in [0.3, 0.4) is 0 Å². The minimum atomic E-state index is -0.469. The summed E-state index contributed by atoms with van der Waals surface area (Å²) in [5.74, 6) is 0.0238. The van der Waals surface area contributed by atoms with Crippen LogP contribution in [0.2, 0.25) is 0 Å². The third-order valence-electron chi connectivity index (χ3n) is 1.91. The van der Waals surface area contributed by atoms with E-state index in [0.717, 1.165) is 4.70 Å². The summed E-state index contributed by atoms with van der Waals surface area (Å²) in [5.41, 5.74) is 1.92. The molecule has 0 atom stereocenters. The highest BCUT2D eigenvalue weighted by Crippen LogP contribution is 2.36. The Bertz CT molecular complexity index is 469. The number of ether oxygens (including phenoxy) is 2. The smallest absolute Gasteiger partial charge is 0.199 e. The van der Waals surface area contributed by atoms with Crippen molar-refractivity contribution >= 4 is 21.6 Å². The van der Waals surface area contributed by atoms with E-state index in [1.165, 1.54) is 25.6 Å². The van der Waals surface area contributed by atoms with Gasteiger partial charge in [0, 0.05) is 6.07 Å². The minimum Gasteiger partial charge on any atom is -0.493 e. The molecule has 0 bridgehead atoms. The first-order chi connectivity index (χ1) is 6.77. The summed E-state index contributed by atoms with van der Waals surface area (Å²) in [6.45, 7) is 0. The van der Waals surface area contributed by atoms with Crippen LogP contribution in [0.5, 0.6) is 11.5 Å². The van der Waals surface area contributed by atoms with Gasteiger partial charge >= 0.3 is 0 Å². The van der Waals surface area contributed by atoms with Crippen LogP contribution in [0.15, 0.2) is 11.6 Å². The van der Waals surface area contributed by atoms with E-state index in [4.69, 9.17) is 9.47 Å². The summed E-state index contributed by atoms with van der Waals surface area (Å²) in [7, 11) is 2.88. The van der Waals surface area contributed by atoms with Crippen molar-refractivity contribution in [2.24, 2.45) is 0 Å². The SMILES string of the molecule is COc1cc2scnc2c(F)c1OC. The number of methoxy groups -OCH3 is 2. The number of hydrogen-bond donors (Lipinski definition) is 0. The first-order valence-electron chi connectivity index (χ1n) is 3.91. The topological polar surface area (TPSA) is 31.4 Å². The average Bonchev–Trinajstić information content (AvgIpc) is 2.65. The fourth-order valence-corrected chi connectivity index (χ4v) is 1.97. The molecule has 0 spiro atoms. The van der Waals surface area contributed by atoms with E-state index in [1.807, 2.05) is 0 Å². The number of fused-ring (bicyclic) bond motifs is 1. The first-order valence-corrected chi connectivity index (χ1v) is 4.79. The number of benzene rings is 1. The van der Waals surface area contributed by atoms with Crippen molar-refractivity contribution < 1.29 is 13.9 Å². The summed E-state index contributed by atoms with van der Waals surface area (Å²) < 4.78 is 24.4. The van der Waals surface area contributed by atoms with Gasteiger partial charge in [-0.05, 0) is 0 Å². The van der Waals surface area contributed by atoms with E-state index < -0.39 is 5.82 Å². The summed E-state index contributed by atoms with van der Waals surface area (Å²) in [5, 5.41) is 0. The fourth-order valence-electron chi connectivity index (χ4n) is 1.26. The Morgan fingerprint density at radius 3 is 2.79 bits per heavy atom. The molecule has 1 heterocycles. The van der Waals surface area contributed by atoms with Gasteiger partial charge in [-0.1, -0.05) is 0 Å². The van der Waals surface area contributed by atoms with Gasteiger partial charge in [0.05, 0.1) is 24.4 Å². The van der Waals surface area contributed by atoms with Gasteiger partial charge in [0.1, 0.15) is 5.52 Å². The van der Waals surface area contributed by atoms with Crippen molar-refractivity contribution in [1.29, 1.82) is 0 Å². The molecule has 14 heavy (non-hydrogen) atoms. The van der Waals surface area contributed by atoms with Crippen molar-refractivity contribution in [2.45, 2.75) is 0 Å². The van der Waals surface area contributed by atoms with Gasteiger partial charge in [-0.3, -0.25) is 0 Å². The first kappa shape index (κ1) is 9.21. The van der Waals surface area contributed by atoms with Crippen LogP contribution in [0, 0.1) is 5.82 Å². The van der Waals surface area contributed by atoms with Gasteiger partial charge in [-0.15, -0.1) is 11.3 Å². The lowest BCUT2D eigenvalue weighted by Crippen LogP contribution is -1.94. The van der Waals surface area contributed by atoms with Gasteiger partial charge in [-0.25, -0.2) is 9.37 Å². The van der Waals surface area contributed by atoms with E-state index in [1.54, 1.807) is 11.6 Å². The highest BCUT2D eigenvalue weighted by atomic mass is 32.1. The molecule has 0 unspecified atom stereocenters. The lowest BCUT2D eigenvalue weighted by atomic mass is 10.3. The molecule has 0 aliphatic rings. The molecule has 74 valence electrons. The molecule has 1 aromatic heterocycles. The Labute approximate surface area is 84.1 Å². The van der Waals surface area contributed by atoms with Crippen molar-refractivity contribution in [3.8, 4) is 11.5 Å². The van der Waals surface area contributed by atoms with Crippen LogP contribution in [0.25, 0.3) is 10.2 Å². The van der Waals surface area contributed by atoms with E-state index >= 15 is 0 Å². The Morgan fingerprint density at radius 1 is 1.36 bits per heavy atom. The van der Waals surface area contributed by atoms with Crippen LogP contribution in [0.4, 0.5) is 4.39 Å². The summed E-state index contributed by atoms with van der Waals surface area (Å²) in [6, 6.07) is 1.72. The van der Waals surface area contributed by atoms with Gasteiger partial charge < -0.3 is 9.47 Å². The molecule has 5 heteroatoms. The monoisotopic (exact) mass is 213 g/mol. The highest BCUT2D eigenvalue weighted by Gasteiger charge is 2.16. The van der Waals surface area contributed by atoms with Crippen molar-refractivity contribution in [3.05, 3.63) is 17.4 Å². The molecular weight excluding hydrogens is 205 g/mol. The Kier molecular flexibility index (Phi) is 2.25. The van der Waals surface area contributed by atoms with Crippen molar-refractivity contribution in [2.75, 3.05) is 14.2 Å². The largest absolute Gasteiger partial charge is 0.493 e. The Morgan fingerprint density at radius 2 is 2.14 bits per heavy atom. The molecule has 0 saturated heterocycles. The zero-order chi connectivity index (χ0) is 10.1. The predicted molar refractivity (Wildman–Crippen MR) is 52.7 cm³/mol. The number of nitrogens with zero attached hydrogens (tertiary/aromatic N) is 1. The van der Waals surface area contributed by atoms with Gasteiger partial charge in [0.25, 0.3) is 0 Å². The summed E-state index contributed by atoms with van der Waals surface area (Å²) in [6.07, 6.45) is 0. The second-order valence-electron chi connectivity index (χ2n) is 2.63. The summed E-state index contributed by atoms with van der Waals surface area (Å²) >= 11 is 1.36. The highest BCUT2D eigenvalue weighted by molar-refractivity contribution is 7.16. The molecule has 0 amide bonds. The molecule has 0 aliphatic carbocycles. The standard InChI is InChI=1S/C9H8FNO2S/c1-12-5-3-6-8(11-4-14-6)7(10)9(5)13-2/h3-4H,1-2H3. The molecule has 2 rings (SSSR count). The number of halogens is 1. The van der Waals surface area contributed by atoms with E-state index in [0.29, 0.717) is 11.3 Å². The number of aromatic nitrogens is 1. The maximum atomic E-state index is 13.7. The lowest BCUT2D eigenvalue weighted by Gasteiger charge is -2.07. The molecule has 2 aromatic rings. The second-order valence-corrected chi connectivity index (χ2v) is 3.51. The fraction of sp³-hybridized carbons (Fsp3) is 0.222. The number of thiazole rings is 1. The maximum Gasteiger partial charge on any atom is 0.199 e. The van der Waals surface area contributed by atoms with Crippen molar-refractivity contribution in [1.82, 2.24) is 4.98 Å². The second kappa shape index (κ2) is 3.42. The molecule has 3 nitrogen and oxygen atoms in total. The normalized spacial score (nSPS) is 10.5. The molecule has 0 saturated carbocycles. The van der Waals surface area contributed by atoms with Crippen LogP contribution in [-0.4, -0.2) is 19.2 Å². The van der Waals surface area contributed by atoms with E-state index in [-0.39, 0.29) is 5.75 Å². The predicted octanol–water partition coefficient (Wildman–Crippen LogP) is 2.45. The van der Waals surface area contributed by atoms with Gasteiger partial charge in [-0.2, -0.15) is 0 Å². The Hall–Kier alpha value is -1.36. The Balaban J connectivity index is 2.79. The van der Waals surface area contributed by atoms with Crippen LogP contribution in [0.1, 0.15) is 0 Å². The van der Waals surface area contributed by atoms with E-state index in [2.05, 4.69) is 4.98 Å². The van der Waals surface area contributed by atoms with Gasteiger partial charge in [0.2, 0.25) is 0 Å². The van der Waals surface area contributed by atoms with Crippen molar-refractivity contribution in [3.63, 3.8) is 0 Å². The van der Waals surface area contributed by atoms with Gasteiger partial charge in [0.15, 0.2) is 17.3 Å². The van der Waals surface area contributed by atoms with Crippen LogP contribution in [-0.2, 0) is 0 Å². The van der Waals surface area contributed by atoms with Crippen LogP contribution < -0.4 is 9.47 Å². The summed E-state index contributed by atoms with van der Waals surface area (Å²) in [4.78, 5) is 3.91. The average molecular weight is 213 g/mol. The molecule has 0 aliphatic heterocycles. The molecule has 0 fully saturated rings. The number of hydrogen-bond acceptors (Lipinski definition) is 4. The third-order valence-corrected chi connectivity index (χ3v) is 2.69.